The summed E-state index contributed by atoms with van der Waals surface area (Å²) in [5.74, 6) is 0.852. The summed E-state index contributed by atoms with van der Waals surface area (Å²) >= 11 is 0. The molecule has 1 N–H and O–H groups in total. The monoisotopic (exact) mass is 366 g/mol. The van der Waals surface area contributed by atoms with E-state index in [1.165, 1.54) is 6.92 Å². The molecule has 142 valence electrons. The van der Waals surface area contributed by atoms with Gasteiger partial charge in [0.2, 0.25) is 5.91 Å². The highest BCUT2D eigenvalue weighted by molar-refractivity contribution is 5.88. The lowest BCUT2D eigenvalue weighted by molar-refractivity contribution is -0.127. The first-order valence-electron chi connectivity index (χ1n) is 9.34. The van der Waals surface area contributed by atoms with Gasteiger partial charge in [0.15, 0.2) is 5.78 Å². The van der Waals surface area contributed by atoms with Gasteiger partial charge >= 0.3 is 0 Å². The van der Waals surface area contributed by atoms with Gasteiger partial charge in [-0.15, -0.1) is 0 Å². The molecule has 6 heteroatoms. The molecule has 0 aliphatic carbocycles. The van der Waals surface area contributed by atoms with Gasteiger partial charge in [0.05, 0.1) is 12.6 Å². The van der Waals surface area contributed by atoms with Crippen molar-refractivity contribution >= 4 is 17.5 Å². The number of aromatic nitrogens is 1. The molecule has 1 aliphatic heterocycles. The van der Waals surface area contributed by atoms with E-state index in [0.717, 1.165) is 37.6 Å². The lowest BCUT2D eigenvalue weighted by atomic mass is 10.0. The van der Waals surface area contributed by atoms with Crippen LogP contribution in [0.3, 0.4) is 0 Å². The van der Waals surface area contributed by atoms with E-state index in [1.54, 1.807) is 6.20 Å². The number of pyridine rings is 1. The van der Waals surface area contributed by atoms with Gasteiger partial charge in [0, 0.05) is 32.4 Å². The summed E-state index contributed by atoms with van der Waals surface area (Å²) in [4.78, 5) is 33.1. The Labute approximate surface area is 160 Å². The van der Waals surface area contributed by atoms with E-state index < -0.39 is 6.04 Å². The van der Waals surface area contributed by atoms with Gasteiger partial charge in [-0.3, -0.25) is 14.5 Å². The van der Waals surface area contributed by atoms with E-state index in [0.29, 0.717) is 13.0 Å². The van der Waals surface area contributed by atoms with Gasteiger partial charge in [-0.1, -0.05) is 36.4 Å². The van der Waals surface area contributed by atoms with Crippen LogP contribution in [-0.2, 0) is 16.0 Å². The van der Waals surface area contributed by atoms with Gasteiger partial charge in [-0.25, -0.2) is 4.98 Å². The van der Waals surface area contributed by atoms with E-state index in [9.17, 15) is 9.59 Å². The molecule has 3 rings (SSSR count). The standard InChI is InChI=1S/C21H26N4O2/c1-17(26)19(15-18-7-3-2-4-8-18)23-21(27)16-24-11-13-25(14-12-24)20-9-5-6-10-22-20/h2-10,19H,11-16H2,1H3,(H,23,27). The minimum absolute atomic E-state index is 0.0211. The topological polar surface area (TPSA) is 65.5 Å². The Kier molecular flexibility index (Phi) is 6.54. The first-order valence-corrected chi connectivity index (χ1v) is 9.34. The molecule has 0 radical (unpaired) electrons. The maximum absolute atomic E-state index is 12.4. The van der Waals surface area contributed by atoms with Gasteiger partial charge in [-0.05, 0) is 31.0 Å². The number of ketones is 1. The third kappa shape index (κ3) is 5.62. The summed E-state index contributed by atoms with van der Waals surface area (Å²) < 4.78 is 0. The average Bonchev–Trinajstić information content (AvgIpc) is 2.69. The molecule has 1 aliphatic rings. The Morgan fingerprint density at radius 1 is 1.04 bits per heavy atom. The van der Waals surface area contributed by atoms with Crippen LogP contribution >= 0.6 is 0 Å². The summed E-state index contributed by atoms with van der Waals surface area (Å²) in [7, 11) is 0. The van der Waals surface area contributed by atoms with E-state index in [1.807, 2.05) is 48.5 Å². The fourth-order valence-corrected chi connectivity index (χ4v) is 3.27. The number of benzene rings is 1. The molecule has 1 unspecified atom stereocenters. The summed E-state index contributed by atoms with van der Waals surface area (Å²) in [6, 6.07) is 15.2. The SMILES string of the molecule is CC(=O)C(Cc1ccccc1)NC(=O)CN1CCN(c2ccccn2)CC1. The molecular weight excluding hydrogens is 340 g/mol. The number of carbonyl (C=O) groups is 2. The highest BCUT2D eigenvalue weighted by Gasteiger charge is 2.22. The van der Waals surface area contributed by atoms with Crippen LogP contribution in [-0.4, -0.2) is 60.3 Å². The number of nitrogens with zero attached hydrogens (tertiary/aromatic N) is 3. The molecule has 6 nitrogen and oxygen atoms in total. The van der Waals surface area contributed by atoms with Crippen molar-refractivity contribution in [2.75, 3.05) is 37.6 Å². The molecule has 0 spiro atoms. The second-order valence-corrected chi connectivity index (χ2v) is 6.87. The van der Waals surface area contributed by atoms with Gasteiger partial charge in [-0.2, -0.15) is 0 Å². The molecule has 1 aromatic carbocycles. The number of amides is 1. The quantitative estimate of drug-likeness (QED) is 0.805. The van der Waals surface area contributed by atoms with E-state index >= 15 is 0 Å². The average molecular weight is 366 g/mol. The minimum Gasteiger partial charge on any atom is -0.354 e. The maximum atomic E-state index is 12.4. The third-order valence-electron chi connectivity index (χ3n) is 4.82. The molecule has 2 heterocycles. The van der Waals surface area contributed by atoms with Crippen molar-refractivity contribution in [2.45, 2.75) is 19.4 Å². The highest BCUT2D eigenvalue weighted by atomic mass is 16.2. The van der Waals surface area contributed by atoms with Crippen LogP contribution in [0.2, 0.25) is 0 Å². The number of nitrogens with one attached hydrogen (secondary N) is 1. The van der Waals surface area contributed by atoms with Gasteiger partial charge in [0.1, 0.15) is 5.82 Å². The Morgan fingerprint density at radius 3 is 2.37 bits per heavy atom. The van der Waals surface area contributed by atoms with Crippen LogP contribution in [0.5, 0.6) is 0 Å². The fraction of sp³-hybridized carbons (Fsp3) is 0.381. The lowest BCUT2D eigenvalue weighted by Gasteiger charge is -2.35. The Morgan fingerprint density at radius 2 is 1.74 bits per heavy atom. The molecule has 1 fully saturated rings. The van der Waals surface area contributed by atoms with Crippen molar-refractivity contribution in [1.82, 2.24) is 15.2 Å². The van der Waals surface area contributed by atoms with Crippen molar-refractivity contribution in [3.05, 3.63) is 60.3 Å². The summed E-state index contributed by atoms with van der Waals surface area (Å²) in [6.07, 6.45) is 2.32. The predicted octanol–water partition coefficient (Wildman–Crippen LogP) is 1.52. The van der Waals surface area contributed by atoms with Gasteiger partial charge < -0.3 is 10.2 Å². The number of hydrogen-bond acceptors (Lipinski definition) is 5. The van der Waals surface area contributed by atoms with Crippen molar-refractivity contribution in [3.8, 4) is 0 Å². The first kappa shape index (κ1) is 19.0. The zero-order valence-electron chi connectivity index (χ0n) is 15.7. The summed E-state index contributed by atoms with van der Waals surface area (Å²) in [5, 5.41) is 2.90. The molecule has 1 amide bonds. The summed E-state index contributed by atoms with van der Waals surface area (Å²) in [5.41, 5.74) is 1.04. The van der Waals surface area contributed by atoms with Crippen molar-refractivity contribution < 1.29 is 9.59 Å². The molecule has 0 bridgehead atoms. The van der Waals surface area contributed by atoms with Crippen LogP contribution < -0.4 is 10.2 Å². The van der Waals surface area contributed by atoms with Crippen molar-refractivity contribution in [3.63, 3.8) is 0 Å². The molecule has 1 aromatic heterocycles. The van der Waals surface area contributed by atoms with Crippen molar-refractivity contribution in [1.29, 1.82) is 0 Å². The molecular formula is C21H26N4O2. The largest absolute Gasteiger partial charge is 0.354 e. The number of anilines is 1. The number of Topliss-reactive ketones (excluding diaryl/α,β-unsaturated/α-hetero) is 1. The van der Waals surface area contributed by atoms with Crippen LogP contribution in [0.1, 0.15) is 12.5 Å². The Bertz CT molecular complexity index is 743. The van der Waals surface area contributed by atoms with Crippen LogP contribution in [0.25, 0.3) is 0 Å². The van der Waals surface area contributed by atoms with E-state index in [2.05, 4.69) is 20.1 Å². The van der Waals surface area contributed by atoms with E-state index in [4.69, 9.17) is 0 Å². The molecule has 0 saturated carbocycles. The number of carbonyl (C=O) groups excluding carboxylic acids is 2. The smallest absolute Gasteiger partial charge is 0.234 e. The molecule has 1 saturated heterocycles. The Balaban J connectivity index is 1.48. The zero-order chi connectivity index (χ0) is 19.1. The van der Waals surface area contributed by atoms with Gasteiger partial charge in [0.25, 0.3) is 0 Å². The van der Waals surface area contributed by atoms with Crippen molar-refractivity contribution in [2.24, 2.45) is 0 Å². The lowest BCUT2D eigenvalue weighted by Crippen LogP contribution is -2.51. The second kappa shape index (κ2) is 9.28. The van der Waals surface area contributed by atoms with Crippen LogP contribution in [0, 0.1) is 0 Å². The second-order valence-electron chi connectivity index (χ2n) is 6.87. The summed E-state index contributed by atoms with van der Waals surface area (Å²) in [6.45, 7) is 5.11. The molecule has 2 aromatic rings. The van der Waals surface area contributed by atoms with Crippen LogP contribution in [0.15, 0.2) is 54.7 Å². The molecule has 1 atom stereocenters. The van der Waals surface area contributed by atoms with Crippen LogP contribution in [0.4, 0.5) is 5.82 Å². The first-order chi connectivity index (χ1) is 13.1. The number of hydrogen-bond donors (Lipinski definition) is 1. The molecule has 27 heavy (non-hydrogen) atoms. The normalized spacial score (nSPS) is 16.0. The maximum Gasteiger partial charge on any atom is 0.234 e. The third-order valence-corrected chi connectivity index (χ3v) is 4.82. The fourth-order valence-electron chi connectivity index (χ4n) is 3.27. The zero-order valence-corrected chi connectivity index (χ0v) is 15.7. The number of rotatable bonds is 7. The Hall–Kier alpha value is -2.73. The number of piperazine rings is 1. The predicted molar refractivity (Wildman–Crippen MR) is 106 cm³/mol. The highest BCUT2D eigenvalue weighted by Crippen LogP contribution is 2.12. The minimum atomic E-state index is -0.477. The van der Waals surface area contributed by atoms with E-state index in [-0.39, 0.29) is 11.7 Å².